The fourth-order valence-corrected chi connectivity index (χ4v) is 1.65. The van der Waals surface area contributed by atoms with Crippen LogP contribution in [0.3, 0.4) is 0 Å². The Bertz CT molecular complexity index is 299. The van der Waals surface area contributed by atoms with Gasteiger partial charge in [0.05, 0.1) is 0 Å². The van der Waals surface area contributed by atoms with E-state index in [1.165, 1.54) is 0 Å². The Labute approximate surface area is 85.8 Å². The van der Waals surface area contributed by atoms with E-state index in [-0.39, 0.29) is 0 Å². The van der Waals surface area contributed by atoms with Crippen molar-refractivity contribution in [1.29, 1.82) is 0 Å². The first-order valence-corrected chi connectivity index (χ1v) is 5.00. The van der Waals surface area contributed by atoms with E-state index in [0.717, 1.165) is 17.6 Å². The van der Waals surface area contributed by atoms with Gasteiger partial charge in [0.25, 0.3) is 0 Å². The molecule has 2 rings (SSSR count). The molecule has 0 unspecified atom stereocenters. The van der Waals surface area contributed by atoms with Crippen molar-refractivity contribution in [2.75, 3.05) is 20.1 Å². The molecular formula is C9H11BrN2O. The molecule has 0 aromatic carbocycles. The summed E-state index contributed by atoms with van der Waals surface area (Å²) in [7, 11) is 2.08. The fourth-order valence-electron chi connectivity index (χ4n) is 1.34. The van der Waals surface area contributed by atoms with Crippen molar-refractivity contribution in [3.05, 3.63) is 22.8 Å². The highest BCUT2D eigenvalue weighted by molar-refractivity contribution is 9.10. The third-order valence-electron chi connectivity index (χ3n) is 2.01. The molecule has 70 valence electrons. The second kappa shape index (κ2) is 3.64. The molecule has 1 aliphatic rings. The molecular weight excluding hydrogens is 232 g/mol. The summed E-state index contributed by atoms with van der Waals surface area (Å²) in [4.78, 5) is 6.33. The summed E-state index contributed by atoms with van der Waals surface area (Å²) >= 11 is 3.37. The first-order valence-electron chi connectivity index (χ1n) is 4.21. The molecule has 13 heavy (non-hydrogen) atoms. The Morgan fingerprint density at radius 2 is 2.38 bits per heavy atom. The molecule has 1 aliphatic heterocycles. The number of rotatable bonds is 2. The number of nitrogens with zero attached hydrogens (tertiary/aromatic N) is 2. The fraction of sp³-hybridized carbons (Fsp3) is 0.444. The van der Waals surface area contributed by atoms with E-state index in [2.05, 4.69) is 32.9 Å². The minimum atomic E-state index is 0.312. The van der Waals surface area contributed by atoms with Gasteiger partial charge in [-0.1, -0.05) is 15.9 Å². The number of ether oxygens (including phenoxy) is 1. The smallest absolute Gasteiger partial charge is 0.214 e. The van der Waals surface area contributed by atoms with E-state index in [1.807, 2.05) is 12.1 Å². The van der Waals surface area contributed by atoms with Crippen LogP contribution in [0.4, 0.5) is 0 Å². The third kappa shape index (κ3) is 2.19. The highest BCUT2D eigenvalue weighted by atomic mass is 79.9. The first-order chi connectivity index (χ1) is 6.24. The second-order valence-corrected chi connectivity index (χ2v) is 4.19. The van der Waals surface area contributed by atoms with Crippen molar-refractivity contribution in [2.24, 2.45) is 0 Å². The Balaban J connectivity index is 1.94. The van der Waals surface area contributed by atoms with Gasteiger partial charge in [0.15, 0.2) is 0 Å². The lowest BCUT2D eigenvalue weighted by Crippen LogP contribution is -2.51. The van der Waals surface area contributed by atoms with Gasteiger partial charge in [0.1, 0.15) is 6.10 Å². The van der Waals surface area contributed by atoms with E-state index in [1.54, 1.807) is 6.20 Å². The number of halogens is 1. The Morgan fingerprint density at radius 3 is 3.00 bits per heavy atom. The minimum Gasteiger partial charge on any atom is -0.472 e. The monoisotopic (exact) mass is 242 g/mol. The Kier molecular flexibility index (Phi) is 2.51. The van der Waals surface area contributed by atoms with Gasteiger partial charge < -0.3 is 4.74 Å². The minimum absolute atomic E-state index is 0.312. The molecule has 3 nitrogen and oxygen atoms in total. The number of hydrogen-bond acceptors (Lipinski definition) is 3. The lowest BCUT2D eigenvalue weighted by molar-refractivity contribution is 0.0355. The molecule has 1 aromatic rings. The number of hydrogen-bond donors (Lipinski definition) is 0. The van der Waals surface area contributed by atoms with Crippen LogP contribution in [0.5, 0.6) is 5.88 Å². The van der Waals surface area contributed by atoms with Gasteiger partial charge in [-0.25, -0.2) is 4.98 Å². The number of aromatic nitrogens is 1. The van der Waals surface area contributed by atoms with Crippen LogP contribution in [0.2, 0.25) is 0 Å². The van der Waals surface area contributed by atoms with Crippen molar-refractivity contribution >= 4 is 15.9 Å². The maximum atomic E-state index is 5.62. The molecule has 2 heterocycles. The van der Waals surface area contributed by atoms with Crippen LogP contribution in [0.15, 0.2) is 22.8 Å². The van der Waals surface area contributed by atoms with Crippen molar-refractivity contribution in [1.82, 2.24) is 9.88 Å². The largest absolute Gasteiger partial charge is 0.472 e. The van der Waals surface area contributed by atoms with Gasteiger partial charge in [-0.15, -0.1) is 0 Å². The van der Waals surface area contributed by atoms with Crippen LogP contribution in [0, 0.1) is 0 Å². The van der Waals surface area contributed by atoms with E-state index >= 15 is 0 Å². The maximum absolute atomic E-state index is 5.62. The van der Waals surface area contributed by atoms with Gasteiger partial charge in [-0.3, -0.25) is 4.90 Å². The van der Waals surface area contributed by atoms with E-state index in [9.17, 15) is 0 Å². The zero-order valence-corrected chi connectivity index (χ0v) is 8.99. The summed E-state index contributed by atoms with van der Waals surface area (Å²) in [5.41, 5.74) is 0. The van der Waals surface area contributed by atoms with Crippen LogP contribution in [0.1, 0.15) is 0 Å². The van der Waals surface area contributed by atoms with Crippen molar-refractivity contribution < 1.29 is 4.74 Å². The molecule has 0 spiro atoms. The number of likely N-dealkylation sites (tertiary alicyclic amines) is 1. The second-order valence-electron chi connectivity index (χ2n) is 3.27. The predicted molar refractivity (Wildman–Crippen MR) is 53.9 cm³/mol. The summed E-state index contributed by atoms with van der Waals surface area (Å²) in [6.45, 7) is 1.99. The van der Waals surface area contributed by atoms with E-state index < -0.39 is 0 Å². The Morgan fingerprint density at radius 1 is 1.62 bits per heavy atom. The average Bonchev–Trinajstić information content (AvgIpc) is 2.01. The summed E-state index contributed by atoms with van der Waals surface area (Å²) in [5.74, 6) is 0.701. The molecule has 0 radical (unpaired) electrons. The molecule has 1 fully saturated rings. The van der Waals surface area contributed by atoms with Crippen molar-refractivity contribution in [3.8, 4) is 5.88 Å². The highest BCUT2D eigenvalue weighted by Crippen LogP contribution is 2.18. The Hall–Kier alpha value is -0.610. The van der Waals surface area contributed by atoms with Crippen molar-refractivity contribution in [2.45, 2.75) is 6.10 Å². The molecule has 1 aromatic heterocycles. The van der Waals surface area contributed by atoms with Crippen LogP contribution >= 0.6 is 15.9 Å². The van der Waals surface area contributed by atoms with Crippen LogP contribution in [-0.4, -0.2) is 36.1 Å². The average molecular weight is 243 g/mol. The molecule has 0 atom stereocenters. The third-order valence-corrected chi connectivity index (χ3v) is 2.51. The maximum Gasteiger partial charge on any atom is 0.214 e. The zero-order valence-electron chi connectivity index (χ0n) is 7.40. The van der Waals surface area contributed by atoms with E-state index in [4.69, 9.17) is 4.74 Å². The van der Waals surface area contributed by atoms with Gasteiger partial charge >= 0.3 is 0 Å². The lowest BCUT2D eigenvalue weighted by Gasteiger charge is -2.35. The summed E-state index contributed by atoms with van der Waals surface area (Å²) in [6, 6.07) is 3.78. The van der Waals surface area contributed by atoms with Crippen molar-refractivity contribution in [3.63, 3.8) is 0 Å². The molecule has 1 saturated heterocycles. The standard InChI is InChI=1S/C9H11BrN2O/c1-12-5-8(6-12)13-9-4-7(10)2-3-11-9/h2-4,8H,5-6H2,1H3. The van der Waals surface area contributed by atoms with Crippen LogP contribution < -0.4 is 4.74 Å². The quantitative estimate of drug-likeness (QED) is 0.787. The summed E-state index contributed by atoms with van der Waals surface area (Å²) < 4.78 is 6.62. The van der Waals surface area contributed by atoms with Gasteiger partial charge in [-0.05, 0) is 13.1 Å². The molecule has 4 heteroatoms. The molecule has 0 aliphatic carbocycles. The molecule has 0 N–H and O–H groups in total. The first kappa shape index (κ1) is 8.97. The van der Waals surface area contributed by atoms with Gasteiger partial charge in [0.2, 0.25) is 5.88 Å². The predicted octanol–water partition coefficient (Wildman–Crippen LogP) is 1.54. The van der Waals surface area contributed by atoms with Crippen LogP contribution in [0.25, 0.3) is 0 Å². The van der Waals surface area contributed by atoms with E-state index in [0.29, 0.717) is 12.0 Å². The molecule has 0 bridgehead atoms. The van der Waals surface area contributed by atoms with Gasteiger partial charge in [0, 0.05) is 29.8 Å². The molecule has 0 amide bonds. The normalized spacial score (nSPS) is 18.3. The number of pyridine rings is 1. The topological polar surface area (TPSA) is 25.4 Å². The summed E-state index contributed by atoms with van der Waals surface area (Å²) in [5, 5.41) is 0. The van der Waals surface area contributed by atoms with Gasteiger partial charge in [-0.2, -0.15) is 0 Å². The number of likely N-dealkylation sites (N-methyl/N-ethyl adjacent to an activating group) is 1. The van der Waals surface area contributed by atoms with Crippen LogP contribution in [-0.2, 0) is 0 Å². The lowest BCUT2D eigenvalue weighted by atomic mass is 10.2. The zero-order chi connectivity index (χ0) is 9.26. The molecule has 0 saturated carbocycles. The summed E-state index contributed by atoms with van der Waals surface area (Å²) in [6.07, 6.45) is 2.05. The SMILES string of the molecule is CN1CC(Oc2cc(Br)ccn2)C1. The highest BCUT2D eigenvalue weighted by Gasteiger charge is 2.25.